The molecule has 8 heteroatoms. The third kappa shape index (κ3) is 5.99. The van der Waals surface area contributed by atoms with Crippen LogP contribution in [0.15, 0.2) is 48.5 Å². The number of ether oxygens (including phenoxy) is 2. The zero-order chi connectivity index (χ0) is 23.3. The van der Waals surface area contributed by atoms with Crippen molar-refractivity contribution in [2.24, 2.45) is 5.41 Å². The van der Waals surface area contributed by atoms with Gasteiger partial charge in [0.25, 0.3) is 5.91 Å². The van der Waals surface area contributed by atoms with Crippen LogP contribution in [0.5, 0.6) is 5.75 Å². The van der Waals surface area contributed by atoms with E-state index in [-0.39, 0.29) is 11.8 Å². The Balaban J connectivity index is 1.54. The molecule has 2 fully saturated rings. The van der Waals surface area contributed by atoms with E-state index in [9.17, 15) is 9.59 Å². The van der Waals surface area contributed by atoms with Crippen LogP contribution in [0.25, 0.3) is 0 Å². The topological polar surface area (TPSA) is 59.1 Å². The van der Waals surface area contributed by atoms with Gasteiger partial charge in [-0.05, 0) is 49.2 Å². The maximum Gasteiger partial charge on any atom is 0.255 e. The zero-order valence-electron chi connectivity index (χ0n) is 18.5. The van der Waals surface area contributed by atoms with Crippen molar-refractivity contribution in [1.82, 2.24) is 9.80 Å². The third-order valence-corrected chi connectivity index (χ3v) is 6.88. The Labute approximate surface area is 204 Å². The van der Waals surface area contributed by atoms with E-state index in [2.05, 4.69) is 0 Å². The average Bonchev–Trinajstić information content (AvgIpc) is 2.84. The number of likely N-dealkylation sites (tertiary alicyclic amines) is 1. The summed E-state index contributed by atoms with van der Waals surface area (Å²) in [5, 5.41) is 1.06. The third-order valence-electron chi connectivity index (χ3n) is 6.30. The van der Waals surface area contributed by atoms with Crippen molar-refractivity contribution >= 4 is 35.0 Å². The molecule has 2 heterocycles. The van der Waals surface area contributed by atoms with Crippen LogP contribution in [-0.4, -0.2) is 67.6 Å². The fourth-order valence-electron chi connectivity index (χ4n) is 4.51. The highest BCUT2D eigenvalue weighted by atomic mass is 35.5. The normalized spacial score (nSPS) is 21.0. The van der Waals surface area contributed by atoms with Crippen molar-refractivity contribution in [3.63, 3.8) is 0 Å². The van der Waals surface area contributed by atoms with E-state index in [1.807, 2.05) is 28.0 Å². The monoisotopic (exact) mass is 490 g/mol. The van der Waals surface area contributed by atoms with Crippen LogP contribution < -0.4 is 4.74 Å². The minimum atomic E-state index is -0.496. The molecule has 0 spiro atoms. The van der Waals surface area contributed by atoms with Crippen LogP contribution in [0, 0.1) is 5.41 Å². The van der Waals surface area contributed by atoms with Crippen LogP contribution in [0.4, 0.5) is 0 Å². The number of rotatable bonds is 6. The van der Waals surface area contributed by atoms with Crippen LogP contribution in [-0.2, 0) is 9.53 Å². The summed E-state index contributed by atoms with van der Waals surface area (Å²) in [6.07, 6.45) is 1.90. The predicted octanol–water partition coefficient (Wildman–Crippen LogP) is 4.54. The Kier molecular flexibility index (Phi) is 7.78. The molecule has 0 aliphatic carbocycles. The lowest BCUT2D eigenvalue weighted by molar-refractivity contribution is -0.139. The summed E-state index contributed by atoms with van der Waals surface area (Å²) in [7, 11) is 0. The van der Waals surface area contributed by atoms with Gasteiger partial charge in [0.2, 0.25) is 5.91 Å². The van der Waals surface area contributed by atoms with E-state index in [0.717, 1.165) is 12.8 Å². The van der Waals surface area contributed by atoms with Crippen molar-refractivity contribution < 1.29 is 19.1 Å². The van der Waals surface area contributed by atoms with Gasteiger partial charge < -0.3 is 19.3 Å². The molecular formula is C25H28Cl2N2O4. The number of piperidine rings is 1. The SMILES string of the molecule is O=C(C[C@]1(COc2ccc(Cl)cc2)CCCN(C(=O)c2ccccc2Cl)C1)N1CCOCC1. The standard InChI is InChI=1S/C25H28Cl2N2O4/c26-19-6-8-20(9-7-19)33-18-25(16-23(30)28-12-14-32-15-13-28)10-3-11-29(17-25)24(31)21-4-1-2-5-22(21)27/h1-2,4-9H,3,10-18H2/t25-/m1/s1. The number of amides is 2. The van der Waals surface area contributed by atoms with Gasteiger partial charge in [0.1, 0.15) is 5.75 Å². The number of hydrogen-bond donors (Lipinski definition) is 0. The van der Waals surface area contributed by atoms with E-state index in [1.165, 1.54) is 0 Å². The number of morpholine rings is 1. The molecule has 0 unspecified atom stereocenters. The Morgan fingerprint density at radius 2 is 1.70 bits per heavy atom. The van der Waals surface area contributed by atoms with Crippen molar-refractivity contribution in [1.29, 1.82) is 0 Å². The molecule has 1 atom stereocenters. The second-order valence-corrected chi connectivity index (χ2v) is 9.57. The highest BCUT2D eigenvalue weighted by molar-refractivity contribution is 6.33. The Hall–Kier alpha value is -2.28. The molecule has 2 saturated heterocycles. The summed E-state index contributed by atoms with van der Waals surface area (Å²) in [6.45, 7) is 3.68. The molecule has 0 saturated carbocycles. The number of benzene rings is 2. The lowest BCUT2D eigenvalue weighted by Crippen LogP contribution is -2.52. The van der Waals surface area contributed by atoms with Gasteiger partial charge >= 0.3 is 0 Å². The molecule has 2 aliphatic heterocycles. The molecule has 2 aromatic rings. The molecule has 0 N–H and O–H groups in total. The lowest BCUT2D eigenvalue weighted by atomic mass is 9.77. The van der Waals surface area contributed by atoms with Gasteiger partial charge in [0.15, 0.2) is 0 Å². The van der Waals surface area contributed by atoms with Gasteiger partial charge in [-0.2, -0.15) is 0 Å². The van der Waals surface area contributed by atoms with E-state index in [1.54, 1.807) is 30.3 Å². The molecule has 2 aliphatic rings. The number of halogens is 2. The number of hydrogen-bond acceptors (Lipinski definition) is 4. The van der Waals surface area contributed by atoms with Crippen LogP contribution in [0.2, 0.25) is 10.0 Å². The summed E-state index contributed by atoms with van der Waals surface area (Å²) >= 11 is 12.3. The molecule has 0 bridgehead atoms. The van der Waals surface area contributed by atoms with Gasteiger partial charge in [-0.15, -0.1) is 0 Å². The van der Waals surface area contributed by atoms with Gasteiger partial charge in [0.05, 0.1) is 30.4 Å². The van der Waals surface area contributed by atoms with Crippen molar-refractivity contribution in [3.8, 4) is 5.75 Å². The molecule has 0 radical (unpaired) electrons. The molecule has 6 nitrogen and oxygen atoms in total. The molecule has 33 heavy (non-hydrogen) atoms. The number of carbonyl (C=O) groups is 2. The second-order valence-electron chi connectivity index (χ2n) is 8.72. The van der Waals surface area contributed by atoms with Crippen molar-refractivity contribution in [2.75, 3.05) is 46.0 Å². The minimum Gasteiger partial charge on any atom is -0.493 e. The summed E-state index contributed by atoms with van der Waals surface area (Å²) in [5.74, 6) is 0.646. The van der Waals surface area contributed by atoms with Gasteiger partial charge in [-0.1, -0.05) is 35.3 Å². The lowest BCUT2D eigenvalue weighted by Gasteiger charge is -2.43. The van der Waals surface area contributed by atoms with Gasteiger partial charge in [-0.3, -0.25) is 9.59 Å². The van der Waals surface area contributed by atoms with E-state index < -0.39 is 5.41 Å². The van der Waals surface area contributed by atoms with Crippen molar-refractivity contribution in [3.05, 3.63) is 64.1 Å². The minimum absolute atomic E-state index is 0.0741. The molecule has 2 amide bonds. The number of nitrogens with zero attached hydrogens (tertiary/aromatic N) is 2. The predicted molar refractivity (Wildman–Crippen MR) is 128 cm³/mol. The van der Waals surface area contributed by atoms with Crippen molar-refractivity contribution in [2.45, 2.75) is 19.3 Å². The van der Waals surface area contributed by atoms with Gasteiger partial charge in [0, 0.05) is 43.0 Å². The second kappa shape index (κ2) is 10.8. The highest BCUT2D eigenvalue weighted by Gasteiger charge is 2.41. The first-order valence-corrected chi connectivity index (χ1v) is 12.0. The first kappa shape index (κ1) is 23.9. The largest absolute Gasteiger partial charge is 0.493 e. The summed E-state index contributed by atoms with van der Waals surface area (Å²) in [4.78, 5) is 30.1. The van der Waals surface area contributed by atoms with E-state index in [4.69, 9.17) is 32.7 Å². The fraction of sp³-hybridized carbons (Fsp3) is 0.440. The Bertz CT molecular complexity index is 979. The van der Waals surface area contributed by atoms with E-state index >= 15 is 0 Å². The molecule has 176 valence electrons. The fourth-order valence-corrected chi connectivity index (χ4v) is 4.85. The maximum absolute atomic E-state index is 13.3. The summed E-state index contributed by atoms with van der Waals surface area (Å²) in [6, 6.07) is 14.3. The molecule has 4 rings (SSSR count). The Morgan fingerprint density at radius 1 is 0.970 bits per heavy atom. The van der Waals surface area contributed by atoms with Crippen LogP contribution in [0.3, 0.4) is 0 Å². The number of carbonyl (C=O) groups excluding carboxylic acids is 2. The summed E-state index contributed by atoms with van der Waals surface area (Å²) < 4.78 is 11.5. The molecular weight excluding hydrogens is 463 g/mol. The average molecular weight is 491 g/mol. The molecule has 2 aromatic carbocycles. The smallest absolute Gasteiger partial charge is 0.255 e. The first-order valence-electron chi connectivity index (χ1n) is 11.2. The Morgan fingerprint density at radius 3 is 2.42 bits per heavy atom. The summed E-state index contributed by atoms with van der Waals surface area (Å²) in [5.41, 5.74) is -0.0161. The first-order chi connectivity index (χ1) is 16.0. The van der Waals surface area contributed by atoms with Gasteiger partial charge in [-0.25, -0.2) is 0 Å². The zero-order valence-corrected chi connectivity index (χ0v) is 20.0. The van der Waals surface area contributed by atoms with E-state index in [0.29, 0.717) is 73.8 Å². The highest BCUT2D eigenvalue weighted by Crippen LogP contribution is 2.36. The van der Waals surface area contributed by atoms with Crippen LogP contribution >= 0.6 is 23.2 Å². The van der Waals surface area contributed by atoms with Crippen LogP contribution in [0.1, 0.15) is 29.6 Å². The quantitative estimate of drug-likeness (QED) is 0.596. The molecule has 0 aromatic heterocycles. The maximum atomic E-state index is 13.3.